The van der Waals surface area contributed by atoms with Gasteiger partial charge in [-0.25, -0.2) is 0 Å². The summed E-state index contributed by atoms with van der Waals surface area (Å²) in [6, 6.07) is 5.74. The molecular formula is C14H20N2O4S. The van der Waals surface area contributed by atoms with Gasteiger partial charge in [0.05, 0.1) is 0 Å². The predicted octanol–water partition coefficient (Wildman–Crippen LogP) is 1.45. The minimum absolute atomic E-state index is 0.0976. The zero-order valence-corrected chi connectivity index (χ0v) is 13.0. The minimum Gasteiger partial charge on any atom is -0.454 e. The maximum Gasteiger partial charge on any atom is 0.279 e. The zero-order chi connectivity index (χ0) is 15.0. The van der Waals surface area contributed by atoms with E-state index in [4.69, 9.17) is 9.47 Å². The molecule has 0 aliphatic carbocycles. The van der Waals surface area contributed by atoms with Crippen LogP contribution in [0.25, 0.3) is 0 Å². The molecule has 1 N–H and O–H groups in total. The number of rotatable bonds is 4. The molecule has 0 bridgehead atoms. The molecule has 3 rings (SSSR count). The van der Waals surface area contributed by atoms with E-state index in [0.717, 1.165) is 23.5 Å². The maximum absolute atomic E-state index is 12.2. The van der Waals surface area contributed by atoms with Gasteiger partial charge in [0.1, 0.15) is 0 Å². The van der Waals surface area contributed by atoms with Crippen LogP contribution >= 0.6 is 0 Å². The molecule has 1 atom stereocenters. The van der Waals surface area contributed by atoms with Crippen molar-refractivity contribution in [1.29, 1.82) is 0 Å². The molecule has 6 nitrogen and oxygen atoms in total. The SMILES string of the molecule is CC(C)NS(=O)(=O)N1CCC(c2ccc3c(c2)OCO3)C1. The van der Waals surface area contributed by atoms with Gasteiger partial charge in [-0.05, 0) is 43.9 Å². The molecule has 1 saturated heterocycles. The lowest BCUT2D eigenvalue weighted by atomic mass is 9.98. The molecule has 2 aliphatic rings. The van der Waals surface area contributed by atoms with Gasteiger partial charge in [0.2, 0.25) is 6.79 Å². The zero-order valence-electron chi connectivity index (χ0n) is 12.2. The molecule has 0 aromatic heterocycles. The van der Waals surface area contributed by atoms with Crippen LogP contribution in [-0.2, 0) is 10.2 Å². The summed E-state index contributed by atoms with van der Waals surface area (Å²) < 4.78 is 39.2. The van der Waals surface area contributed by atoms with E-state index in [1.807, 2.05) is 32.0 Å². The third kappa shape index (κ3) is 3.00. The van der Waals surface area contributed by atoms with E-state index in [1.165, 1.54) is 4.31 Å². The van der Waals surface area contributed by atoms with Crippen LogP contribution in [-0.4, -0.2) is 38.6 Å². The van der Waals surface area contributed by atoms with Crippen molar-refractivity contribution in [3.05, 3.63) is 23.8 Å². The Morgan fingerprint density at radius 1 is 1.29 bits per heavy atom. The number of hydrogen-bond donors (Lipinski definition) is 1. The molecule has 1 aromatic rings. The van der Waals surface area contributed by atoms with Crippen molar-refractivity contribution in [2.24, 2.45) is 0 Å². The Kier molecular flexibility index (Phi) is 3.81. The van der Waals surface area contributed by atoms with Crippen molar-refractivity contribution in [1.82, 2.24) is 9.03 Å². The smallest absolute Gasteiger partial charge is 0.279 e. The van der Waals surface area contributed by atoms with Gasteiger partial charge in [0.25, 0.3) is 10.2 Å². The van der Waals surface area contributed by atoms with E-state index in [-0.39, 0.29) is 18.8 Å². The van der Waals surface area contributed by atoms with Gasteiger partial charge < -0.3 is 9.47 Å². The lowest BCUT2D eigenvalue weighted by Crippen LogP contribution is -2.42. The molecule has 21 heavy (non-hydrogen) atoms. The summed E-state index contributed by atoms with van der Waals surface area (Å²) in [5, 5.41) is 0. The van der Waals surface area contributed by atoms with Crippen LogP contribution in [0.4, 0.5) is 0 Å². The molecule has 0 amide bonds. The quantitative estimate of drug-likeness (QED) is 0.913. The van der Waals surface area contributed by atoms with Crippen LogP contribution in [0.1, 0.15) is 31.7 Å². The largest absolute Gasteiger partial charge is 0.454 e. The van der Waals surface area contributed by atoms with Gasteiger partial charge in [-0.2, -0.15) is 17.4 Å². The molecule has 1 fully saturated rings. The van der Waals surface area contributed by atoms with Crippen molar-refractivity contribution >= 4 is 10.2 Å². The van der Waals surface area contributed by atoms with Gasteiger partial charge in [-0.3, -0.25) is 0 Å². The fraction of sp³-hybridized carbons (Fsp3) is 0.571. The molecule has 0 spiro atoms. The molecule has 1 unspecified atom stereocenters. The van der Waals surface area contributed by atoms with Gasteiger partial charge in [0, 0.05) is 19.1 Å². The van der Waals surface area contributed by atoms with Crippen molar-refractivity contribution < 1.29 is 17.9 Å². The first-order chi connectivity index (χ1) is 9.95. The lowest BCUT2D eigenvalue weighted by Gasteiger charge is -2.19. The van der Waals surface area contributed by atoms with Crippen molar-refractivity contribution in [3.63, 3.8) is 0 Å². The highest BCUT2D eigenvalue weighted by atomic mass is 32.2. The Balaban J connectivity index is 1.72. The molecule has 116 valence electrons. The second-order valence-corrected chi connectivity index (χ2v) is 7.44. The third-order valence-corrected chi connectivity index (χ3v) is 5.52. The van der Waals surface area contributed by atoms with E-state index in [1.54, 1.807) is 0 Å². The molecule has 0 radical (unpaired) electrons. The maximum atomic E-state index is 12.2. The standard InChI is InChI=1S/C14H20N2O4S/c1-10(2)15-21(17,18)16-6-5-12(8-16)11-3-4-13-14(7-11)20-9-19-13/h3-4,7,10,12,15H,5-6,8-9H2,1-2H3. The number of fused-ring (bicyclic) bond motifs is 1. The summed E-state index contributed by atoms with van der Waals surface area (Å²) in [4.78, 5) is 0. The van der Waals surface area contributed by atoms with Gasteiger partial charge >= 0.3 is 0 Å². The highest BCUT2D eigenvalue weighted by molar-refractivity contribution is 7.87. The number of nitrogens with zero attached hydrogens (tertiary/aromatic N) is 1. The molecule has 0 saturated carbocycles. The molecular weight excluding hydrogens is 292 g/mol. The highest BCUT2D eigenvalue weighted by Crippen LogP contribution is 2.37. The van der Waals surface area contributed by atoms with Gasteiger partial charge in [-0.1, -0.05) is 6.07 Å². The van der Waals surface area contributed by atoms with E-state index in [9.17, 15) is 8.42 Å². The first-order valence-electron chi connectivity index (χ1n) is 7.12. The molecule has 2 heterocycles. The Morgan fingerprint density at radius 3 is 2.81 bits per heavy atom. The van der Waals surface area contributed by atoms with Crippen LogP contribution in [0.2, 0.25) is 0 Å². The second kappa shape index (κ2) is 5.47. The van der Waals surface area contributed by atoms with E-state index in [0.29, 0.717) is 13.1 Å². The van der Waals surface area contributed by atoms with Crippen LogP contribution in [0.15, 0.2) is 18.2 Å². The average molecular weight is 312 g/mol. The summed E-state index contributed by atoms with van der Waals surface area (Å²) >= 11 is 0. The molecule has 7 heteroatoms. The third-order valence-electron chi connectivity index (χ3n) is 3.74. The lowest BCUT2D eigenvalue weighted by molar-refractivity contribution is 0.174. The van der Waals surface area contributed by atoms with Gasteiger partial charge in [-0.15, -0.1) is 0 Å². The minimum atomic E-state index is -3.38. The Bertz CT molecular complexity index is 630. The first kappa shape index (κ1) is 14.6. The number of benzene rings is 1. The predicted molar refractivity (Wildman–Crippen MR) is 78.7 cm³/mol. The number of nitrogens with one attached hydrogen (secondary N) is 1. The normalized spacial score (nSPS) is 22.1. The monoisotopic (exact) mass is 312 g/mol. The van der Waals surface area contributed by atoms with E-state index >= 15 is 0 Å². The summed E-state index contributed by atoms with van der Waals surface area (Å²) in [6.07, 6.45) is 0.818. The van der Waals surface area contributed by atoms with E-state index < -0.39 is 10.2 Å². The fourth-order valence-electron chi connectivity index (χ4n) is 2.76. The van der Waals surface area contributed by atoms with Crippen molar-refractivity contribution in [3.8, 4) is 11.5 Å². The topological polar surface area (TPSA) is 67.9 Å². The summed E-state index contributed by atoms with van der Waals surface area (Å²) in [7, 11) is -3.38. The Hall–Kier alpha value is -1.31. The molecule has 2 aliphatic heterocycles. The Labute approximate surface area is 125 Å². The summed E-state index contributed by atoms with van der Waals surface area (Å²) in [5.74, 6) is 1.69. The summed E-state index contributed by atoms with van der Waals surface area (Å²) in [5.41, 5.74) is 1.10. The van der Waals surface area contributed by atoms with Crippen LogP contribution in [0.5, 0.6) is 11.5 Å². The average Bonchev–Trinajstić information content (AvgIpc) is 3.06. The van der Waals surface area contributed by atoms with Crippen molar-refractivity contribution in [2.45, 2.75) is 32.2 Å². The summed E-state index contributed by atoms with van der Waals surface area (Å²) in [6.45, 7) is 4.94. The number of ether oxygens (including phenoxy) is 2. The second-order valence-electron chi connectivity index (χ2n) is 5.73. The van der Waals surface area contributed by atoms with Crippen LogP contribution in [0.3, 0.4) is 0 Å². The number of hydrogen-bond acceptors (Lipinski definition) is 4. The Morgan fingerprint density at radius 2 is 2.05 bits per heavy atom. The van der Waals surface area contributed by atoms with Crippen molar-refractivity contribution in [2.75, 3.05) is 19.9 Å². The van der Waals surface area contributed by atoms with E-state index in [2.05, 4.69) is 4.72 Å². The first-order valence-corrected chi connectivity index (χ1v) is 8.56. The van der Waals surface area contributed by atoms with Crippen LogP contribution < -0.4 is 14.2 Å². The fourth-order valence-corrected chi connectivity index (χ4v) is 4.22. The highest BCUT2D eigenvalue weighted by Gasteiger charge is 2.33. The molecule has 1 aromatic carbocycles. The van der Waals surface area contributed by atoms with Crippen LogP contribution in [0, 0.1) is 0 Å². The van der Waals surface area contributed by atoms with Gasteiger partial charge in [0.15, 0.2) is 11.5 Å².